The van der Waals surface area contributed by atoms with Crippen molar-refractivity contribution in [1.29, 1.82) is 0 Å². The van der Waals surface area contributed by atoms with Crippen LogP contribution in [0.5, 0.6) is 11.5 Å². The Morgan fingerprint density at radius 2 is 1.80 bits per heavy atom. The van der Waals surface area contributed by atoms with E-state index >= 15 is 0 Å². The molecular weight excluding hydrogens is 254 g/mol. The van der Waals surface area contributed by atoms with Crippen LogP contribution >= 0.6 is 0 Å². The predicted octanol–water partition coefficient (Wildman–Crippen LogP) is 2.59. The van der Waals surface area contributed by atoms with Crippen molar-refractivity contribution in [3.63, 3.8) is 0 Å². The Bertz CT molecular complexity index is 413. The molecule has 0 fully saturated rings. The Kier molecular flexibility index (Phi) is 6.30. The molecule has 1 aromatic carbocycles. The minimum absolute atomic E-state index is 0.110. The fourth-order valence-electron chi connectivity index (χ4n) is 2.20. The molecule has 0 radical (unpaired) electrons. The van der Waals surface area contributed by atoms with E-state index in [-0.39, 0.29) is 18.1 Å². The number of rotatable bonds is 7. The SMILES string of the molecule is COc1ccc(CNC(CCO)C(C)(C)C)cc1OC. The van der Waals surface area contributed by atoms with Gasteiger partial charge in [0.1, 0.15) is 0 Å². The molecule has 2 N–H and O–H groups in total. The van der Waals surface area contributed by atoms with E-state index in [4.69, 9.17) is 9.47 Å². The molecule has 114 valence electrons. The molecule has 4 nitrogen and oxygen atoms in total. The van der Waals surface area contributed by atoms with E-state index in [1.165, 1.54) is 0 Å². The average molecular weight is 281 g/mol. The Morgan fingerprint density at radius 3 is 2.30 bits per heavy atom. The van der Waals surface area contributed by atoms with Crippen LogP contribution in [-0.2, 0) is 6.54 Å². The van der Waals surface area contributed by atoms with Gasteiger partial charge in [-0.05, 0) is 29.5 Å². The highest BCUT2D eigenvalue weighted by molar-refractivity contribution is 5.42. The lowest BCUT2D eigenvalue weighted by Gasteiger charge is -2.31. The second-order valence-corrected chi connectivity index (χ2v) is 6.00. The second kappa shape index (κ2) is 7.50. The highest BCUT2D eigenvalue weighted by atomic mass is 16.5. The number of nitrogens with one attached hydrogen (secondary N) is 1. The molecule has 1 unspecified atom stereocenters. The molecule has 20 heavy (non-hydrogen) atoms. The van der Waals surface area contributed by atoms with Gasteiger partial charge in [0.25, 0.3) is 0 Å². The molecule has 0 heterocycles. The molecule has 0 aliphatic carbocycles. The van der Waals surface area contributed by atoms with E-state index in [0.717, 1.165) is 30.0 Å². The quantitative estimate of drug-likeness (QED) is 0.806. The number of benzene rings is 1. The Labute approximate surface area is 122 Å². The smallest absolute Gasteiger partial charge is 0.161 e. The zero-order chi connectivity index (χ0) is 15.2. The normalized spacial score (nSPS) is 13.1. The number of aliphatic hydroxyl groups excluding tert-OH is 1. The molecule has 0 saturated heterocycles. The number of methoxy groups -OCH3 is 2. The van der Waals surface area contributed by atoms with Crippen LogP contribution in [-0.4, -0.2) is 32.0 Å². The van der Waals surface area contributed by atoms with E-state index in [1.54, 1.807) is 14.2 Å². The summed E-state index contributed by atoms with van der Waals surface area (Å²) in [6.45, 7) is 7.46. The van der Waals surface area contributed by atoms with Gasteiger partial charge in [-0.1, -0.05) is 26.8 Å². The molecule has 0 saturated carbocycles. The second-order valence-electron chi connectivity index (χ2n) is 6.00. The lowest BCUT2D eigenvalue weighted by molar-refractivity contribution is 0.196. The molecule has 1 aromatic rings. The molecule has 0 bridgehead atoms. The first-order valence-electron chi connectivity index (χ1n) is 6.97. The lowest BCUT2D eigenvalue weighted by atomic mass is 9.85. The molecule has 0 aliphatic heterocycles. The first-order valence-corrected chi connectivity index (χ1v) is 6.97. The van der Waals surface area contributed by atoms with Crippen molar-refractivity contribution in [2.45, 2.75) is 39.8 Å². The average Bonchev–Trinajstić information content (AvgIpc) is 2.41. The Hall–Kier alpha value is -1.26. The van der Waals surface area contributed by atoms with E-state index in [2.05, 4.69) is 26.1 Å². The summed E-state index contributed by atoms with van der Waals surface area (Å²) in [5, 5.41) is 12.7. The first-order chi connectivity index (χ1) is 9.42. The van der Waals surface area contributed by atoms with Gasteiger partial charge in [-0.15, -0.1) is 0 Å². The zero-order valence-electron chi connectivity index (χ0n) is 13.2. The first kappa shape index (κ1) is 16.8. The van der Waals surface area contributed by atoms with Crippen LogP contribution in [0.15, 0.2) is 18.2 Å². The Balaban J connectivity index is 2.73. The summed E-state index contributed by atoms with van der Waals surface area (Å²) in [7, 11) is 3.27. The summed E-state index contributed by atoms with van der Waals surface area (Å²) in [5.74, 6) is 1.47. The molecular formula is C16H27NO3. The minimum Gasteiger partial charge on any atom is -0.493 e. The Morgan fingerprint density at radius 1 is 1.15 bits per heavy atom. The fourth-order valence-corrected chi connectivity index (χ4v) is 2.20. The zero-order valence-corrected chi connectivity index (χ0v) is 13.2. The summed E-state index contributed by atoms with van der Waals surface area (Å²) in [6, 6.07) is 6.17. The van der Waals surface area contributed by atoms with E-state index in [1.807, 2.05) is 18.2 Å². The van der Waals surface area contributed by atoms with Gasteiger partial charge >= 0.3 is 0 Å². The minimum atomic E-state index is 0.110. The highest BCUT2D eigenvalue weighted by Gasteiger charge is 2.23. The van der Waals surface area contributed by atoms with Gasteiger partial charge in [0.05, 0.1) is 14.2 Å². The van der Waals surface area contributed by atoms with Gasteiger partial charge in [-0.3, -0.25) is 0 Å². The number of aliphatic hydroxyl groups is 1. The van der Waals surface area contributed by atoms with Gasteiger partial charge < -0.3 is 19.9 Å². The van der Waals surface area contributed by atoms with Crippen LogP contribution in [0.2, 0.25) is 0 Å². The summed E-state index contributed by atoms with van der Waals surface area (Å²) < 4.78 is 10.5. The van der Waals surface area contributed by atoms with E-state index in [9.17, 15) is 5.11 Å². The molecule has 1 rings (SSSR count). The predicted molar refractivity (Wildman–Crippen MR) is 81.3 cm³/mol. The third-order valence-corrected chi connectivity index (χ3v) is 3.46. The standard InChI is InChI=1S/C16H27NO3/c1-16(2,3)15(8-9-18)17-11-12-6-7-13(19-4)14(10-12)20-5/h6-7,10,15,17-18H,8-9,11H2,1-5H3. The third-order valence-electron chi connectivity index (χ3n) is 3.46. The van der Waals surface area contributed by atoms with Crippen molar-refractivity contribution in [1.82, 2.24) is 5.32 Å². The maximum atomic E-state index is 9.17. The molecule has 0 aromatic heterocycles. The van der Waals surface area contributed by atoms with Gasteiger partial charge in [-0.2, -0.15) is 0 Å². The molecule has 1 atom stereocenters. The van der Waals surface area contributed by atoms with Crippen molar-refractivity contribution < 1.29 is 14.6 Å². The molecule has 0 aliphatic rings. The highest BCUT2D eigenvalue weighted by Crippen LogP contribution is 2.28. The van der Waals surface area contributed by atoms with Crippen molar-refractivity contribution >= 4 is 0 Å². The van der Waals surface area contributed by atoms with Crippen LogP contribution in [0, 0.1) is 5.41 Å². The molecule has 0 spiro atoms. The van der Waals surface area contributed by atoms with Crippen molar-refractivity contribution in [2.75, 3.05) is 20.8 Å². The van der Waals surface area contributed by atoms with Crippen molar-refractivity contribution in [3.8, 4) is 11.5 Å². The van der Waals surface area contributed by atoms with Crippen LogP contribution in [0.4, 0.5) is 0 Å². The maximum Gasteiger partial charge on any atom is 0.161 e. The topological polar surface area (TPSA) is 50.7 Å². The third kappa shape index (κ3) is 4.69. The molecule has 4 heteroatoms. The van der Waals surface area contributed by atoms with Crippen LogP contribution in [0.3, 0.4) is 0 Å². The largest absolute Gasteiger partial charge is 0.493 e. The van der Waals surface area contributed by atoms with Gasteiger partial charge in [0.2, 0.25) is 0 Å². The lowest BCUT2D eigenvalue weighted by Crippen LogP contribution is -2.40. The summed E-state index contributed by atoms with van der Waals surface area (Å²) >= 11 is 0. The van der Waals surface area contributed by atoms with Gasteiger partial charge in [0.15, 0.2) is 11.5 Å². The van der Waals surface area contributed by atoms with E-state index < -0.39 is 0 Å². The maximum absolute atomic E-state index is 9.17. The van der Waals surface area contributed by atoms with Crippen LogP contribution in [0.25, 0.3) is 0 Å². The van der Waals surface area contributed by atoms with Crippen molar-refractivity contribution in [3.05, 3.63) is 23.8 Å². The number of hydrogen-bond donors (Lipinski definition) is 2. The van der Waals surface area contributed by atoms with Crippen LogP contribution in [0.1, 0.15) is 32.8 Å². The van der Waals surface area contributed by atoms with E-state index in [0.29, 0.717) is 0 Å². The summed E-state index contributed by atoms with van der Waals surface area (Å²) in [5.41, 5.74) is 1.24. The summed E-state index contributed by atoms with van der Waals surface area (Å²) in [4.78, 5) is 0. The van der Waals surface area contributed by atoms with Gasteiger partial charge in [0, 0.05) is 19.2 Å². The number of hydrogen-bond acceptors (Lipinski definition) is 4. The summed E-state index contributed by atoms with van der Waals surface area (Å²) in [6.07, 6.45) is 0.747. The van der Waals surface area contributed by atoms with Crippen molar-refractivity contribution in [2.24, 2.45) is 5.41 Å². The molecule has 0 amide bonds. The monoisotopic (exact) mass is 281 g/mol. The van der Waals surface area contributed by atoms with Gasteiger partial charge in [-0.25, -0.2) is 0 Å². The van der Waals surface area contributed by atoms with Crippen LogP contribution < -0.4 is 14.8 Å². The number of ether oxygens (including phenoxy) is 2. The fraction of sp³-hybridized carbons (Fsp3) is 0.625.